The SMILES string of the molecule is CCOC(=O)C1(Cc2ccc(OCc3ccccc3)c(OCCCOC)c2)CCC1. The summed E-state index contributed by atoms with van der Waals surface area (Å²) in [6.45, 7) is 3.94. The molecule has 1 saturated carbocycles. The standard InChI is InChI=1S/C25H32O5/c1-3-28-24(26)25(13-7-14-25)18-21-11-12-22(23(17-21)29-16-8-15-27-2)30-19-20-9-5-4-6-10-20/h4-6,9-12,17H,3,7-8,13-16,18-19H2,1-2H3. The topological polar surface area (TPSA) is 54.0 Å². The van der Waals surface area contributed by atoms with E-state index in [1.165, 1.54) is 0 Å². The van der Waals surface area contributed by atoms with Crippen molar-refractivity contribution in [3.63, 3.8) is 0 Å². The number of ether oxygens (including phenoxy) is 4. The third-order valence-corrected chi connectivity index (χ3v) is 5.56. The van der Waals surface area contributed by atoms with E-state index in [4.69, 9.17) is 18.9 Å². The summed E-state index contributed by atoms with van der Waals surface area (Å²) in [4.78, 5) is 12.5. The van der Waals surface area contributed by atoms with Crippen LogP contribution < -0.4 is 9.47 Å². The summed E-state index contributed by atoms with van der Waals surface area (Å²) in [7, 11) is 1.68. The molecular weight excluding hydrogens is 380 g/mol. The first-order valence-corrected chi connectivity index (χ1v) is 10.8. The number of carbonyl (C=O) groups is 1. The number of methoxy groups -OCH3 is 1. The molecule has 3 rings (SSSR count). The normalized spacial score (nSPS) is 14.6. The Morgan fingerprint density at radius 2 is 1.77 bits per heavy atom. The van der Waals surface area contributed by atoms with Gasteiger partial charge >= 0.3 is 5.97 Å². The number of hydrogen-bond acceptors (Lipinski definition) is 5. The number of hydrogen-bond donors (Lipinski definition) is 0. The Morgan fingerprint density at radius 1 is 0.967 bits per heavy atom. The minimum absolute atomic E-state index is 0.0804. The van der Waals surface area contributed by atoms with Gasteiger partial charge in [0.2, 0.25) is 0 Å². The zero-order valence-corrected chi connectivity index (χ0v) is 18.0. The van der Waals surface area contributed by atoms with E-state index in [0.717, 1.165) is 36.8 Å². The van der Waals surface area contributed by atoms with Crippen LogP contribution in [0.5, 0.6) is 11.5 Å². The second kappa shape index (κ2) is 11.0. The van der Waals surface area contributed by atoms with Gasteiger partial charge in [0, 0.05) is 20.1 Å². The molecule has 162 valence electrons. The summed E-state index contributed by atoms with van der Waals surface area (Å²) in [6.07, 6.45) is 4.28. The smallest absolute Gasteiger partial charge is 0.312 e. The van der Waals surface area contributed by atoms with Crippen LogP contribution in [0.2, 0.25) is 0 Å². The van der Waals surface area contributed by atoms with Gasteiger partial charge < -0.3 is 18.9 Å². The van der Waals surface area contributed by atoms with Crippen LogP contribution in [-0.4, -0.2) is 32.9 Å². The summed E-state index contributed by atoms with van der Waals surface area (Å²) >= 11 is 0. The lowest BCUT2D eigenvalue weighted by Crippen LogP contribution is -2.41. The first-order valence-electron chi connectivity index (χ1n) is 10.8. The molecule has 0 aromatic heterocycles. The Morgan fingerprint density at radius 3 is 2.43 bits per heavy atom. The van der Waals surface area contributed by atoms with Crippen LogP contribution in [0.3, 0.4) is 0 Å². The molecule has 0 N–H and O–H groups in total. The third kappa shape index (κ3) is 5.76. The molecular formula is C25H32O5. The predicted molar refractivity (Wildman–Crippen MR) is 116 cm³/mol. The van der Waals surface area contributed by atoms with E-state index < -0.39 is 5.41 Å². The highest BCUT2D eigenvalue weighted by atomic mass is 16.5. The molecule has 2 aromatic rings. The predicted octanol–water partition coefficient (Wildman–Crippen LogP) is 4.96. The first kappa shape index (κ1) is 22.2. The van der Waals surface area contributed by atoms with Crippen molar-refractivity contribution in [1.29, 1.82) is 0 Å². The summed E-state index contributed by atoms with van der Waals surface area (Å²) in [5.41, 5.74) is 1.77. The third-order valence-electron chi connectivity index (χ3n) is 5.56. The molecule has 0 amide bonds. The number of esters is 1. The van der Waals surface area contributed by atoms with Gasteiger partial charge in [-0.2, -0.15) is 0 Å². The lowest BCUT2D eigenvalue weighted by molar-refractivity contribution is -0.161. The average molecular weight is 413 g/mol. The highest BCUT2D eigenvalue weighted by Gasteiger charge is 2.45. The van der Waals surface area contributed by atoms with Crippen LogP contribution >= 0.6 is 0 Å². The van der Waals surface area contributed by atoms with E-state index in [1.807, 2.05) is 55.5 Å². The van der Waals surface area contributed by atoms with Crippen LogP contribution in [0.25, 0.3) is 0 Å². The van der Waals surface area contributed by atoms with Gasteiger partial charge in [-0.15, -0.1) is 0 Å². The summed E-state index contributed by atoms with van der Waals surface area (Å²) < 4.78 is 22.5. The number of benzene rings is 2. The molecule has 5 heteroatoms. The Balaban J connectivity index is 1.73. The average Bonchev–Trinajstić information content (AvgIpc) is 2.74. The van der Waals surface area contributed by atoms with Crippen molar-refractivity contribution < 1.29 is 23.7 Å². The maximum absolute atomic E-state index is 12.5. The molecule has 0 bridgehead atoms. The minimum Gasteiger partial charge on any atom is -0.490 e. The van der Waals surface area contributed by atoms with Crippen molar-refractivity contribution in [2.45, 2.75) is 45.6 Å². The van der Waals surface area contributed by atoms with Gasteiger partial charge in [0.05, 0.1) is 18.6 Å². The Bertz CT molecular complexity index is 798. The number of rotatable bonds is 12. The number of carbonyl (C=O) groups excluding carboxylic acids is 1. The fourth-order valence-electron chi connectivity index (χ4n) is 3.75. The second-order valence-electron chi connectivity index (χ2n) is 7.78. The molecule has 1 fully saturated rings. The molecule has 0 radical (unpaired) electrons. The van der Waals surface area contributed by atoms with E-state index in [9.17, 15) is 4.79 Å². The van der Waals surface area contributed by atoms with E-state index >= 15 is 0 Å². The molecule has 0 atom stereocenters. The van der Waals surface area contributed by atoms with E-state index in [0.29, 0.717) is 44.3 Å². The highest BCUT2D eigenvalue weighted by Crippen LogP contribution is 2.45. The summed E-state index contributed by atoms with van der Waals surface area (Å²) in [6, 6.07) is 16.0. The van der Waals surface area contributed by atoms with Gasteiger partial charge in [0.15, 0.2) is 11.5 Å². The van der Waals surface area contributed by atoms with Crippen LogP contribution in [0, 0.1) is 5.41 Å². The van der Waals surface area contributed by atoms with Gasteiger partial charge in [-0.1, -0.05) is 42.8 Å². The van der Waals surface area contributed by atoms with E-state index in [-0.39, 0.29) is 5.97 Å². The van der Waals surface area contributed by atoms with Crippen molar-refractivity contribution in [2.24, 2.45) is 5.41 Å². The zero-order valence-electron chi connectivity index (χ0n) is 18.0. The quantitative estimate of drug-likeness (QED) is 0.364. The molecule has 0 heterocycles. The zero-order chi connectivity index (χ0) is 21.2. The molecule has 0 aliphatic heterocycles. The van der Waals surface area contributed by atoms with Crippen molar-refractivity contribution in [2.75, 3.05) is 26.9 Å². The van der Waals surface area contributed by atoms with Gasteiger partial charge in [-0.3, -0.25) is 4.79 Å². The summed E-state index contributed by atoms with van der Waals surface area (Å²) in [5, 5.41) is 0. The fraction of sp³-hybridized carbons (Fsp3) is 0.480. The van der Waals surface area contributed by atoms with Crippen molar-refractivity contribution in [1.82, 2.24) is 0 Å². The van der Waals surface area contributed by atoms with Gasteiger partial charge in [0.25, 0.3) is 0 Å². The first-order chi connectivity index (χ1) is 14.7. The molecule has 2 aromatic carbocycles. The lowest BCUT2D eigenvalue weighted by Gasteiger charge is -2.39. The van der Waals surface area contributed by atoms with Crippen LogP contribution in [0.15, 0.2) is 48.5 Å². The van der Waals surface area contributed by atoms with Gasteiger partial charge in [-0.05, 0) is 49.4 Å². The van der Waals surface area contributed by atoms with E-state index in [2.05, 4.69) is 0 Å². The molecule has 1 aliphatic carbocycles. The van der Waals surface area contributed by atoms with Gasteiger partial charge in [-0.25, -0.2) is 0 Å². The van der Waals surface area contributed by atoms with Gasteiger partial charge in [0.1, 0.15) is 6.61 Å². The van der Waals surface area contributed by atoms with Crippen molar-refractivity contribution in [3.05, 3.63) is 59.7 Å². The molecule has 0 saturated heterocycles. The lowest BCUT2D eigenvalue weighted by atomic mass is 9.65. The van der Waals surface area contributed by atoms with Crippen LogP contribution in [0.4, 0.5) is 0 Å². The van der Waals surface area contributed by atoms with Crippen LogP contribution in [0.1, 0.15) is 43.7 Å². The molecule has 1 aliphatic rings. The van der Waals surface area contributed by atoms with Crippen molar-refractivity contribution >= 4 is 5.97 Å². The highest BCUT2D eigenvalue weighted by molar-refractivity contribution is 5.78. The maximum Gasteiger partial charge on any atom is 0.312 e. The molecule has 0 unspecified atom stereocenters. The fourth-order valence-corrected chi connectivity index (χ4v) is 3.75. The molecule has 0 spiro atoms. The van der Waals surface area contributed by atoms with Crippen LogP contribution in [-0.2, 0) is 27.3 Å². The molecule has 30 heavy (non-hydrogen) atoms. The maximum atomic E-state index is 12.5. The van der Waals surface area contributed by atoms with Crippen molar-refractivity contribution in [3.8, 4) is 11.5 Å². The second-order valence-corrected chi connectivity index (χ2v) is 7.78. The molecule has 5 nitrogen and oxygen atoms in total. The Labute approximate surface area is 179 Å². The summed E-state index contributed by atoms with van der Waals surface area (Å²) in [5.74, 6) is 1.33. The monoisotopic (exact) mass is 412 g/mol. The Kier molecular flexibility index (Phi) is 8.14. The van der Waals surface area contributed by atoms with E-state index in [1.54, 1.807) is 7.11 Å². The largest absolute Gasteiger partial charge is 0.490 e. The minimum atomic E-state index is -0.393. The Hall–Kier alpha value is -2.53.